The molecule has 0 spiro atoms. The van der Waals surface area contributed by atoms with Crippen molar-refractivity contribution in [3.05, 3.63) is 0 Å². The first-order valence-corrected chi connectivity index (χ1v) is 6.76. The van der Waals surface area contributed by atoms with Gasteiger partial charge in [0.1, 0.15) is 0 Å². The summed E-state index contributed by atoms with van der Waals surface area (Å²) >= 11 is 0. The molecule has 1 atom stereocenters. The zero-order valence-electron chi connectivity index (χ0n) is 12.6. The first-order valence-electron chi connectivity index (χ1n) is 6.76. The summed E-state index contributed by atoms with van der Waals surface area (Å²) in [6.07, 6.45) is 2.62. The molecule has 0 saturated carbocycles. The van der Waals surface area contributed by atoms with Crippen LogP contribution in [0.1, 0.15) is 61.3 Å². The quantitative estimate of drug-likeness (QED) is 0.647. The molecular weight excluding hydrogens is 194 g/mol. The van der Waals surface area contributed by atoms with Gasteiger partial charge in [0.25, 0.3) is 0 Å². The predicted molar refractivity (Wildman–Crippen MR) is 72.7 cm³/mol. The zero-order valence-corrected chi connectivity index (χ0v) is 12.6. The average molecular weight is 225 g/mol. The van der Waals surface area contributed by atoms with Crippen LogP contribution in [-0.2, 0) is 0 Å². The second-order valence-electron chi connectivity index (χ2n) is 7.58. The van der Waals surface area contributed by atoms with Gasteiger partial charge in [-0.1, -0.05) is 41.0 Å². The molecule has 0 bridgehead atoms. The van der Waals surface area contributed by atoms with Crippen LogP contribution in [0.25, 0.3) is 0 Å². The molecule has 96 valence electrons. The summed E-state index contributed by atoms with van der Waals surface area (Å²) in [5.74, 6) is 0.822. The number of likely N-dealkylation sites (tertiary alicyclic amines) is 1. The van der Waals surface area contributed by atoms with Crippen molar-refractivity contribution in [1.82, 2.24) is 4.90 Å². The highest BCUT2D eigenvalue weighted by Gasteiger charge is 2.48. The lowest BCUT2D eigenvalue weighted by Gasteiger charge is -2.45. The second-order valence-corrected chi connectivity index (χ2v) is 7.58. The highest BCUT2D eigenvalue weighted by Crippen LogP contribution is 2.52. The zero-order chi connectivity index (χ0) is 12.8. The molecule has 0 N–H and O–H groups in total. The fourth-order valence-electron chi connectivity index (χ4n) is 3.23. The highest BCUT2D eigenvalue weighted by molar-refractivity contribution is 5.00. The van der Waals surface area contributed by atoms with Crippen LogP contribution in [0, 0.1) is 16.7 Å². The third-order valence-electron chi connectivity index (χ3n) is 5.67. The van der Waals surface area contributed by atoms with Crippen LogP contribution in [0.3, 0.4) is 0 Å². The van der Waals surface area contributed by atoms with Gasteiger partial charge in [-0.25, -0.2) is 0 Å². The summed E-state index contributed by atoms with van der Waals surface area (Å²) in [6, 6.07) is 0. The van der Waals surface area contributed by atoms with Gasteiger partial charge in [-0.3, -0.25) is 0 Å². The van der Waals surface area contributed by atoms with E-state index in [2.05, 4.69) is 60.4 Å². The molecule has 1 nitrogen and oxygen atoms in total. The Balaban J connectivity index is 3.13. The molecule has 1 saturated heterocycles. The molecule has 1 heterocycles. The molecule has 0 aliphatic carbocycles. The van der Waals surface area contributed by atoms with E-state index in [0.29, 0.717) is 16.4 Å². The molecule has 1 rings (SSSR count). The minimum Gasteiger partial charge on any atom is -0.301 e. The summed E-state index contributed by atoms with van der Waals surface area (Å²) in [7, 11) is 2.29. The number of rotatable bonds is 1. The molecule has 0 aromatic rings. The van der Waals surface area contributed by atoms with Crippen LogP contribution in [-0.4, -0.2) is 24.0 Å². The molecule has 0 aromatic carbocycles. The van der Waals surface area contributed by atoms with Crippen molar-refractivity contribution in [1.29, 1.82) is 0 Å². The van der Waals surface area contributed by atoms with Gasteiger partial charge in [-0.05, 0) is 44.1 Å². The van der Waals surface area contributed by atoms with Crippen molar-refractivity contribution in [3.8, 4) is 0 Å². The van der Waals surface area contributed by atoms with E-state index in [1.54, 1.807) is 0 Å². The molecule has 0 amide bonds. The fraction of sp³-hybridized carbons (Fsp3) is 1.00. The van der Waals surface area contributed by atoms with Gasteiger partial charge < -0.3 is 4.90 Å². The molecule has 1 aliphatic heterocycles. The first kappa shape index (κ1) is 14.0. The SMILES string of the molecule is CCC1CC(C)(C)N(C)CC(C)(C)C1(C)C. The summed E-state index contributed by atoms with van der Waals surface area (Å²) in [5.41, 5.74) is 1.14. The molecule has 16 heavy (non-hydrogen) atoms. The van der Waals surface area contributed by atoms with Gasteiger partial charge in [0.2, 0.25) is 0 Å². The van der Waals surface area contributed by atoms with E-state index >= 15 is 0 Å². The maximum Gasteiger partial charge on any atom is 0.0153 e. The van der Waals surface area contributed by atoms with E-state index in [-0.39, 0.29) is 0 Å². The van der Waals surface area contributed by atoms with Crippen molar-refractivity contribution < 1.29 is 0 Å². The third-order valence-corrected chi connectivity index (χ3v) is 5.67. The third kappa shape index (κ3) is 2.16. The van der Waals surface area contributed by atoms with Gasteiger partial charge in [-0.15, -0.1) is 0 Å². The van der Waals surface area contributed by atoms with Crippen LogP contribution in [0.4, 0.5) is 0 Å². The average Bonchev–Trinajstić information content (AvgIpc) is 2.15. The van der Waals surface area contributed by atoms with Crippen molar-refractivity contribution in [3.63, 3.8) is 0 Å². The molecular formula is C15H31N. The van der Waals surface area contributed by atoms with Crippen LogP contribution in [0.5, 0.6) is 0 Å². The molecule has 1 fully saturated rings. The molecule has 1 heteroatoms. The lowest BCUT2D eigenvalue weighted by molar-refractivity contribution is 0.0372. The van der Waals surface area contributed by atoms with E-state index in [1.807, 2.05) is 0 Å². The molecule has 0 aromatic heterocycles. The Kier molecular flexibility index (Phi) is 3.52. The Morgan fingerprint density at radius 2 is 1.56 bits per heavy atom. The number of hydrogen-bond donors (Lipinski definition) is 0. The Hall–Kier alpha value is -0.0400. The fourth-order valence-corrected chi connectivity index (χ4v) is 3.23. The maximum atomic E-state index is 2.56. The van der Waals surface area contributed by atoms with Crippen LogP contribution in [0.15, 0.2) is 0 Å². The van der Waals surface area contributed by atoms with Crippen LogP contribution >= 0.6 is 0 Å². The Morgan fingerprint density at radius 1 is 1.06 bits per heavy atom. The Morgan fingerprint density at radius 3 is 2.00 bits per heavy atom. The normalized spacial score (nSPS) is 33.4. The minimum absolute atomic E-state index is 0.339. The Labute approximate surface area is 103 Å². The van der Waals surface area contributed by atoms with Crippen LogP contribution < -0.4 is 0 Å². The molecule has 1 unspecified atom stereocenters. The van der Waals surface area contributed by atoms with Crippen molar-refractivity contribution in [2.75, 3.05) is 13.6 Å². The standard InChI is InChI=1S/C15H31N/c1-9-12-10-14(4,5)16(8)11-13(2,3)15(12,6)7/h12H,9-11H2,1-8H3. The molecule has 1 aliphatic rings. The second kappa shape index (κ2) is 4.01. The van der Waals surface area contributed by atoms with E-state index in [4.69, 9.17) is 0 Å². The lowest BCUT2D eigenvalue weighted by Crippen LogP contribution is -2.45. The highest BCUT2D eigenvalue weighted by atomic mass is 15.2. The van der Waals surface area contributed by atoms with Crippen molar-refractivity contribution in [2.45, 2.75) is 66.8 Å². The van der Waals surface area contributed by atoms with Gasteiger partial charge in [0, 0.05) is 12.1 Å². The van der Waals surface area contributed by atoms with E-state index in [9.17, 15) is 0 Å². The van der Waals surface area contributed by atoms with Crippen LogP contribution in [0.2, 0.25) is 0 Å². The van der Waals surface area contributed by atoms with E-state index < -0.39 is 0 Å². The topological polar surface area (TPSA) is 3.24 Å². The predicted octanol–water partition coefficient (Wildman–Crippen LogP) is 4.18. The summed E-state index contributed by atoms with van der Waals surface area (Å²) in [6.45, 7) is 18.2. The maximum absolute atomic E-state index is 2.56. The summed E-state index contributed by atoms with van der Waals surface area (Å²) in [4.78, 5) is 2.56. The van der Waals surface area contributed by atoms with E-state index in [1.165, 1.54) is 19.4 Å². The van der Waals surface area contributed by atoms with Gasteiger partial charge in [0.15, 0.2) is 0 Å². The van der Waals surface area contributed by atoms with Crippen molar-refractivity contribution in [2.24, 2.45) is 16.7 Å². The summed E-state index contributed by atoms with van der Waals surface area (Å²) in [5, 5.41) is 0. The summed E-state index contributed by atoms with van der Waals surface area (Å²) < 4.78 is 0. The van der Waals surface area contributed by atoms with Gasteiger partial charge in [0.05, 0.1) is 0 Å². The van der Waals surface area contributed by atoms with Gasteiger partial charge >= 0.3 is 0 Å². The first-order chi connectivity index (χ1) is 7.04. The van der Waals surface area contributed by atoms with Gasteiger partial charge in [-0.2, -0.15) is 0 Å². The van der Waals surface area contributed by atoms with E-state index in [0.717, 1.165) is 5.92 Å². The lowest BCUT2D eigenvalue weighted by atomic mass is 9.60. The number of nitrogens with zero attached hydrogens (tertiary/aromatic N) is 1. The Bertz CT molecular complexity index is 250. The number of hydrogen-bond acceptors (Lipinski definition) is 1. The largest absolute Gasteiger partial charge is 0.301 e. The molecule has 0 radical (unpaired) electrons. The smallest absolute Gasteiger partial charge is 0.0153 e. The minimum atomic E-state index is 0.339. The van der Waals surface area contributed by atoms with Crippen molar-refractivity contribution >= 4 is 0 Å². The monoisotopic (exact) mass is 225 g/mol.